The van der Waals surface area contributed by atoms with E-state index in [1.807, 2.05) is 0 Å². The summed E-state index contributed by atoms with van der Waals surface area (Å²) in [6.45, 7) is 0. The van der Waals surface area contributed by atoms with Gasteiger partial charge in [0.25, 0.3) is 0 Å². The molecule has 114 valence electrons. The van der Waals surface area contributed by atoms with Crippen LogP contribution in [0.15, 0.2) is 48.5 Å². The van der Waals surface area contributed by atoms with Gasteiger partial charge < -0.3 is 15.9 Å². The van der Waals surface area contributed by atoms with E-state index in [2.05, 4.69) is 0 Å². The highest BCUT2D eigenvalue weighted by molar-refractivity contribution is 6.01. The molecule has 0 bridgehead atoms. The van der Waals surface area contributed by atoms with Gasteiger partial charge in [-0.05, 0) is 48.5 Å². The average Bonchev–Trinajstić information content (AvgIpc) is 2.49. The van der Waals surface area contributed by atoms with E-state index in [1.165, 1.54) is 29.2 Å². The molecule has 0 aliphatic carbocycles. The number of anilines is 2. The first-order valence-corrected chi connectivity index (χ1v) is 6.66. The molecule has 0 aliphatic rings. The summed E-state index contributed by atoms with van der Waals surface area (Å²) in [4.78, 5) is 24.7. The average molecular weight is 300 g/mol. The summed E-state index contributed by atoms with van der Waals surface area (Å²) < 4.78 is 0. The van der Waals surface area contributed by atoms with Crippen molar-refractivity contribution in [1.82, 2.24) is 0 Å². The highest BCUT2D eigenvalue weighted by Gasteiger charge is 2.18. The van der Waals surface area contributed by atoms with Crippen LogP contribution in [0.4, 0.5) is 11.4 Å². The minimum Gasteiger partial charge on any atom is -0.508 e. The Kier molecular flexibility index (Phi) is 4.63. The van der Waals surface area contributed by atoms with Crippen LogP contribution in [-0.4, -0.2) is 22.0 Å². The van der Waals surface area contributed by atoms with Crippen LogP contribution in [0.5, 0.6) is 11.5 Å². The van der Waals surface area contributed by atoms with Crippen molar-refractivity contribution in [2.75, 3.05) is 4.90 Å². The summed E-state index contributed by atoms with van der Waals surface area (Å²) in [7, 11) is 0. The molecule has 0 heterocycles. The molecule has 2 aromatic rings. The van der Waals surface area contributed by atoms with Crippen molar-refractivity contribution < 1.29 is 19.8 Å². The zero-order valence-electron chi connectivity index (χ0n) is 11.8. The van der Waals surface area contributed by atoms with Crippen molar-refractivity contribution in [3.8, 4) is 11.5 Å². The molecular weight excluding hydrogens is 284 g/mol. The van der Waals surface area contributed by atoms with Crippen LogP contribution in [-0.2, 0) is 9.59 Å². The van der Waals surface area contributed by atoms with Crippen molar-refractivity contribution in [3.05, 3.63) is 48.5 Å². The molecule has 0 spiro atoms. The number of aromatic hydroxyl groups is 2. The van der Waals surface area contributed by atoms with Crippen molar-refractivity contribution in [1.29, 1.82) is 0 Å². The van der Waals surface area contributed by atoms with Crippen LogP contribution in [0.2, 0.25) is 0 Å². The fourth-order valence-corrected chi connectivity index (χ4v) is 1.98. The predicted octanol–water partition coefficient (Wildman–Crippen LogP) is 2.03. The number of nitrogens with zero attached hydrogens (tertiary/aromatic N) is 1. The summed E-state index contributed by atoms with van der Waals surface area (Å²) in [6, 6.07) is 12.2. The van der Waals surface area contributed by atoms with Crippen LogP contribution in [0.3, 0.4) is 0 Å². The van der Waals surface area contributed by atoms with Gasteiger partial charge in [-0.1, -0.05) is 0 Å². The van der Waals surface area contributed by atoms with Gasteiger partial charge in [0.2, 0.25) is 11.8 Å². The lowest BCUT2D eigenvalue weighted by atomic mass is 10.2. The molecule has 0 saturated carbocycles. The van der Waals surface area contributed by atoms with Crippen LogP contribution in [0.25, 0.3) is 0 Å². The van der Waals surface area contributed by atoms with Crippen LogP contribution < -0.4 is 10.6 Å². The maximum absolute atomic E-state index is 12.4. The third-order valence-corrected chi connectivity index (χ3v) is 3.05. The minimum atomic E-state index is -0.551. The van der Waals surface area contributed by atoms with Crippen LogP contribution in [0.1, 0.15) is 12.8 Å². The van der Waals surface area contributed by atoms with E-state index in [-0.39, 0.29) is 30.2 Å². The maximum atomic E-state index is 12.4. The maximum Gasteiger partial charge on any atom is 0.232 e. The Bertz CT molecular complexity index is 620. The molecule has 0 atom stereocenters. The smallest absolute Gasteiger partial charge is 0.232 e. The van der Waals surface area contributed by atoms with E-state index in [4.69, 9.17) is 5.73 Å². The SMILES string of the molecule is NC(=O)CCC(=O)N(c1ccc(O)cc1)c1ccc(O)cc1. The molecule has 0 fully saturated rings. The zero-order valence-corrected chi connectivity index (χ0v) is 11.8. The molecule has 2 rings (SSSR count). The standard InChI is InChI=1S/C16H16N2O4/c17-15(21)9-10-16(22)18(11-1-5-13(19)6-2-11)12-3-7-14(20)8-4-12/h1-8,19-20H,9-10H2,(H2,17,21). The summed E-state index contributed by atoms with van der Waals surface area (Å²) in [5.74, 6) is -0.696. The molecule has 0 radical (unpaired) electrons. The molecule has 0 unspecified atom stereocenters. The molecule has 0 aliphatic heterocycles. The molecular formula is C16H16N2O4. The van der Waals surface area contributed by atoms with Gasteiger partial charge >= 0.3 is 0 Å². The fourth-order valence-electron chi connectivity index (χ4n) is 1.98. The third kappa shape index (κ3) is 3.76. The first-order valence-electron chi connectivity index (χ1n) is 6.66. The van der Waals surface area contributed by atoms with Gasteiger partial charge in [0.15, 0.2) is 0 Å². The Balaban J connectivity index is 2.35. The molecule has 0 aromatic heterocycles. The number of amides is 2. The van der Waals surface area contributed by atoms with Gasteiger partial charge in [0.1, 0.15) is 11.5 Å². The van der Waals surface area contributed by atoms with Crippen molar-refractivity contribution >= 4 is 23.2 Å². The second-order valence-electron chi connectivity index (χ2n) is 4.73. The molecule has 2 aromatic carbocycles. The van der Waals surface area contributed by atoms with Gasteiger partial charge in [-0.2, -0.15) is 0 Å². The van der Waals surface area contributed by atoms with Gasteiger partial charge in [-0.3, -0.25) is 14.5 Å². The van der Waals surface area contributed by atoms with E-state index >= 15 is 0 Å². The lowest BCUT2D eigenvalue weighted by Gasteiger charge is -2.23. The Morgan fingerprint density at radius 3 is 1.59 bits per heavy atom. The number of primary amides is 1. The number of carbonyl (C=O) groups excluding carboxylic acids is 2. The van der Waals surface area contributed by atoms with Gasteiger partial charge in [-0.15, -0.1) is 0 Å². The largest absolute Gasteiger partial charge is 0.508 e. The van der Waals surface area contributed by atoms with E-state index in [0.29, 0.717) is 11.4 Å². The lowest BCUT2D eigenvalue weighted by molar-refractivity contribution is -0.123. The van der Waals surface area contributed by atoms with Gasteiger partial charge in [-0.25, -0.2) is 0 Å². The normalized spacial score (nSPS) is 10.2. The van der Waals surface area contributed by atoms with Crippen molar-refractivity contribution in [2.45, 2.75) is 12.8 Å². The third-order valence-electron chi connectivity index (χ3n) is 3.05. The molecule has 6 heteroatoms. The summed E-state index contributed by atoms with van der Waals surface area (Å²) in [5, 5.41) is 18.7. The highest BCUT2D eigenvalue weighted by atomic mass is 16.3. The Labute approximate surface area is 127 Å². The predicted molar refractivity (Wildman–Crippen MR) is 81.8 cm³/mol. The quantitative estimate of drug-likeness (QED) is 0.785. The summed E-state index contributed by atoms with van der Waals surface area (Å²) >= 11 is 0. The van der Waals surface area contributed by atoms with Crippen LogP contribution >= 0.6 is 0 Å². The van der Waals surface area contributed by atoms with E-state index in [1.54, 1.807) is 24.3 Å². The van der Waals surface area contributed by atoms with Gasteiger partial charge in [0.05, 0.1) is 0 Å². The Morgan fingerprint density at radius 1 is 0.818 bits per heavy atom. The monoisotopic (exact) mass is 300 g/mol. The first kappa shape index (κ1) is 15.4. The number of rotatable bonds is 5. The molecule has 0 saturated heterocycles. The van der Waals surface area contributed by atoms with Crippen molar-refractivity contribution in [3.63, 3.8) is 0 Å². The molecule has 22 heavy (non-hydrogen) atoms. The Morgan fingerprint density at radius 2 is 1.23 bits per heavy atom. The summed E-state index contributed by atoms with van der Waals surface area (Å²) in [6.07, 6.45) is -0.0808. The number of benzene rings is 2. The highest BCUT2D eigenvalue weighted by Crippen LogP contribution is 2.29. The zero-order chi connectivity index (χ0) is 16.1. The molecule has 6 nitrogen and oxygen atoms in total. The van der Waals surface area contributed by atoms with E-state index < -0.39 is 5.91 Å². The molecule has 2 amide bonds. The number of phenolic OH excluding ortho intramolecular Hbond substituents is 2. The number of carbonyl (C=O) groups is 2. The minimum absolute atomic E-state index is 0.0307. The van der Waals surface area contributed by atoms with Crippen molar-refractivity contribution in [2.24, 2.45) is 5.73 Å². The number of hydrogen-bond acceptors (Lipinski definition) is 4. The fraction of sp³-hybridized carbons (Fsp3) is 0.125. The van der Waals surface area contributed by atoms with E-state index in [9.17, 15) is 19.8 Å². The first-order chi connectivity index (χ1) is 10.5. The second-order valence-corrected chi connectivity index (χ2v) is 4.73. The second kappa shape index (κ2) is 6.62. The number of nitrogens with two attached hydrogens (primary N) is 1. The Hall–Kier alpha value is -3.02. The van der Waals surface area contributed by atoms with E-state index in [0.717, 1.165) is 0 Å². The van der Waals surface area contributed by atoms with Crippen LogP contribution in [0, 0.1) is 0 Å². The molecule has 4 N–H and O–H groups in total. The topological polar surface area (TPSA) is 104 Å². The van der Waals surface area contributed by atoms with Gasteiger partial charge in [0, 0.05) is 24.2 Å². The number of hydrogen-bond donors (Lipinski definition) is 3. The number of phenols is 2. The summed E-state index contributed by atoms with van der Waals surface area (Å²) in [5.41, 5.74) is 6.16. The lowest BCUT2D eigenvalue weighted by Crippen LogP contribution is -2.27.